The van der Waals surface area contributed by atoms with Crippen molar-refractivity contribution in [1.82, 2.24) is 25.8 Å². The number of hydrogen-bond donors (Lipinski definition) is 2. The van der Waals surface area contributed by atoms with E-state index in [1.54, 1.807) is 11.3 Å². The van der Waals surface area contributed by atoms with Crippen molar-refractivity contribution >= 4 is 22.4 Å². The van der Waals surface area contributed by atoms with Gasteiger partial charge in [-0.15, -0.1) is 11.3 Å². The Labute approximate surface area is 157 Å². The second-order valence-corrected chi connectivity index (χ2v) is 6.55. The number of aromatic nitrogens is 3. The van der Waals surface area contributed by atoms with Crippen LogP contribution < -0.4 is 15.5 Å². The molecule has 0 radical (unpaired) electrons. The first-order valence-electron chi connectivity index (χ1n) is 8.61. The van der Waals surface area contributed by atoms with Gasteiger partial charge in [0.15, 0.2) is 16.9 Å². The topological polar surface area (TPSA) is 101 Å². The van der Waals surface area contributed by atoms with Crippen molar-refractivity contribution in [2.24, 2.45) is 4.99 Å². The number of thiazole rings is 1. The zero-order chi connectivity index (χ0) is 18.9. The number of guanidine groups is 1. The molecule has 0 saturated heterocycles. The highest BCUT2D eigenvalue weighted by Gasteiger charge is 2.14. The van der Waals surface area contributed by atoms with E-state index in [-0.39, 0.29) is 6.10 Å². The molecule has 0 saturated carbocycles. The molecular weight excluding hydrogens is 354 g/mol. The normalized spacial score (nSPS) is 12.9. The molecule has 2 rings (SSSR count). The van der Waals surface area contributed by atoms with Gasteiger partial charge >= 0.3 is 0 Å². The number of aliphatic imine (C=N–C) groups is 1. The average Bonchev–Trinajstić information content (AvgIpc) is 3.27. The van der Waals surface area contributed by atoms with Crippen LogP contribution in [0, 0.1) is 0 Å². The molecule has 2 N–H and O–H groups in total. The molecule has 9 nitrogen and oxygen atoms in total. The first kappa shape index (κ1) is 20.1. The molecule has 2 aromatic rings. The third-order valence-electron chi connectivity index (χ3n) is 3.34. The van der Waals surface area contributed by atoms with Crippen LogP contribution in [0.2, 0.25) is 0 Å². The van der Waals surface area contributed by atoms with E-state index < -0.39 is 0 Å². The summed E-state index contributed by atoms with van der Waals surface area (Å²) in [7, 11) is 3.95. The van der Waals surface area contributed by atoms with Crippen LogP contribution in [0.4, 0.5) is 5.13 Å². The van der Waals surface area contributed by atoms with Crippen molar-refractivity contribution in [3.05, 3.63) is 22.8 Å². The lowest BCUT2D eigenvalue weighted by Crippen LogP contribution is -2.36. The lowest BCUT2D eigenvalue weighted by molar-refractivity contribution is 0.0683. The Balaban J connectivity index is 1.92. The van der Waals surface area contributed by atoms with Crippen LogP contribution in [-0.4, -0.2) is 48.3 Å². The Morgan fingerprint density at radius 3 is 2.81 bits per heavy atom. The Morgan fingerprint density at radius 2 is 2.15 bits per heavy atom. The summed E-state index contributed by atoms with van der Waals surface area (Å²) in [6, 6.07) is 0. The van der Waals surface area contributed by atoms with Crippen LogP contribution in [0.3, 0.4) is 0 Å². The minimum absolute atomic E-state index is 0.185. The summed E-state index contributed by atoms with van der Waals surface area (Å²) < 4.78 is 10.7. The van der Waals surface area contributed by atoms with Gasteiger partial charge in [0.2, 0.25) is 5.89 Å². The number of nitrogens with zero attached hydrogens (tertiary/aromatic N) is 5. The van der Waals surface area contributed by atoms with E-state index in [2.05, 4.69) is 30.8 Å². The van der Waals surface area contributed by atoms with E-state index >= 15 is 0 Å². The molecule has 0 spiro atoms. The predicted molar refractivity (Wildman–Crippen MR) is 102 cm³/mol. The Hall–Kier alpha value is -2.20. The summed E-state index contributed by atoms with van der Waals surface area (Å²) in [6.45, 7) is 8.08. The highest BCUT2D eigenvalue weighted by molar-refractivity contribution is 7.13. The highest BCUT2D eigenvalue weighted by Crippen LogP contribution is 2.18. The minimum Gasteiger partial charge on any atom is -0.371 e. The molecule has 1 atom stereocenters. The van der Waals surface area contributed by atoms with Crippen molar-refractivity contribution < 1.29 is 9.26 Å². The first-order valence-corrected chi connectivity index (χ1v) is 9.49. The van der Waals surface area contributed by atoms with Gasteiger partial charge in [0, 0.05) is 32.6 Å². The summed E-state index contributed by atoms with van der Waals surface area (Å²) in [5.41, 5.74) is 0.932. The maximum Gasteiger partial charge on any atom is 0.246 e. The van der Waals surface area contributed by atoms with Crippen LogP contribution in [-0.2, 0) is 17.8 Å². The van der Waals surface area contributed by atoms with Gasteiger partial charge in [-0.2, -0.15) is 4.98 Å². The molecular formula is C16H27N7O2S. The lowest BCUT2D eigenvalue weighted by Gasteiger charge is -2.09. The number of rotatable bonds is 9. The van der Waals surface area contributed by atoms with Gasteiger partial charge in [0.25, 0.3) is 0 Å². The zero-order valence-electron chi connectivity index (χ0n) is 15.9. The van der Waals surface area contributed by atoms with Gasteiger partial charge in [0.05, 0.1) is 18.8 Å². The Morgan fingerprint density at radius 1 is 1.35 bits per heavy atom. The summed E-state index contributed by atoms with van der Waals surface area (Å²) >= 11 is 1.60. The number of anilines is 1. The highest BCUT2D eigenvalue weighted by atomic mass is 32.1. The number of hydrogen-bond acceptors (Lipinski definition) is 8. The summed E-state index contributed by atoms with van der Waals surface area (Å²) in [5.74, 6) is 1.70. The molecule has 0 aliphatic rings. The largest absolute Gasteiger partial charge is 0.371 e. The van der Waals surface area contributed by atoms with Crippen LogP contribution in [0.25, 0.3) is 0 Å². The molecule has 144 valence electrons. The molecule has 26 heavy (non-hydrogen) atoms. The van der Waals surface area contributed by atoms with Crippen molar-refractivity contribution in [3.63, 3.8) is 0 Å². The van der Waals surface area contributed by atoms with E-state index in [0.717, 1.165) is 17.4 Å². The second-order valence-electron chi connectivity index (χ2n) is 5.71. The smallest absolute Gasteiger partial charge is 0.246 e. The van der Waals surface area contributed by atoms with Crippen molar-refractivity contribution in [2.45, 2.75) is 40.0 Å². The molecule has 0 amide bonds. The monoisotopic (exact) mass is 381 g/mol. The van der Waals surface area contributed by atoms with Crippen LogP contribution in [0.5, 0.6) is 0 Å². The van der Waals surface area contributed by atoms with Gasteiger partial charge < -0.3 is 24.8 Å². The standard InChI is InChI=1S/C16H27N7O2S/c1-6-17-15(18-8-12-10-26-16(20-12)23(4)5)19-9-13-21-14(22-25-13)11(3)24-7-2/h10-11H,6-9H2,1-5H3,(H2,17,18,19). The Bertz CT molecular complexity index is 698. The molecule has 10 heteroatoms. The van der Waals surface area contributed by atoms with E-state index in [1.165, 1.54) is 0 Å². The first-order chi connectivity index (χ1) is 12.5. The minimum atomic E-state index is -0.185. The van der Waals surface area contributed by atoms with Crippen LogP contribution in [0.1, 0.15) is 44.3 Å². The van der Waals surface area contributed by atoms with Gasteiger partial charge in [-0.3, -0.25) is 0 Å². The zero-order valence-corrected chi connectivity index (χ0v) is 16.8. The quantitative estimate of drug-likeness (QED) is 0.502. The fraction of sp³-hybridized carbons (Fsp3) is 0.625. The molecule has 0 aliphatic carbocycles. The van der Waals surface area contributed by atoms with Gasteiger partial charge in [0.1, 0.15) is 6.10 Å². The van der Waals surface area contributed by atoms with E-state index in [1.807, 2.05) is 45.1 Å². The summed E-state index contributed by atoms with van der Waals surface area (Å²) in [4.78, 5) is 15.4. The average molecular weight is 382 g/mol. The van der Waals surface area contributed by atoms with Gasteiger partial charge in [-0.05, 0) is 20.8 Å². The molecule has 0 fully saturated rings. The second kappa shape index (κ2) is 10.1. The van der Waals surface area contributed by atoms with Crippen molar-refractivity contribution in [3.8, 4) is 0 Å². The van der Waals surface area contributed by atoms with Crippen molar-refractivity contribution in [1.29, 1.82) is 0 Å². The number of nitrogens with one attached hydrogen (secondary N) is 2. The lowest BCUT2D eigenvalue weighted by atomic mass is 10.4. The number of ether oxygens (including phenoxy) is 1. The van der Waals surface area contributed by atoms with E-state index in [0.29, 0.717) is 37.4 Å². The summed E-state index contributed by atoms with van der Waals surface area (Å²) in [6.07, 6.45) is -0.185. The van der Waals surface area contributed by atoms with Crippen molar-refractivity contribution in [2.75, 3.05) is 32.1 Å². The fourth-order valence-corrected chi connectivity index (χ4v) is 2.81. The van der Waals surface area contributed by atoms with E-state index in [9.17, 15) is 0 Å². The third kappa shape index (κ3) is 5.95. The van der Waals surface area contributed by atoms with Gasteiger partial charge in [-0.25, -0.2) is 9.98 Å². The summed E-state index contributed by atoms with van der Waals surface area (Å²) in [5, 5.41) is 13.3. The maximum atomic E-state index is 5.46. The third-order valence-corrected chi connectivity index (χ3v) is 4.39. The SMILES string of the molecule is CCNC(=NCc1csc(N(C)C)n1)NCc1nc(C(C)OCC)no1. The predicted octanol–water partition coefficient (Wildman–Crippen LogP) is 1.94. The maximum absolute atomic E-state index is 5.46. The van der Waals surface area contributed by atoms with E-state index in [4.69, 9.17) is 9.26 Å². The van der Waals surface area contributed by atoms with Gasteiger partial charge in [-0.1, -0.05) is 5.16 Å². The molecule has 2 heterocycles. The molecule has 0 aromatic carbocycles. The van der Waals surface area contributed by atoms with Crippen LogP contribution >= 0.6 is 11.3 Å². The molecule has 0 bridgehead atoms. The fourth-order valence-electron chi connectivity index (χ4n) is 2.06. The molecule has 0 aliphatic heterocycles. The van der Waals surface area contributed by atoms with Crippen LogP contribution in [0.15, 0.2) is 14.9 Å². The molecule has 1 unspecified atom stereocenters. The molecule has 2 aromatic heterocycles. The Kier molecular flexibility index (Phi) is 7.79.